The Bertz CT molecular complexity index is 674. The molecule has 0 radical (unpaired) electrons. The van der Waals surface area contributed by atoms with E-state index >= 15 is 0 Å². The van der Waals surface area contributed by atoms with Crippen LogP contribution in [0.2, 0.25) is 0 Å². The number of carbonyl (C=O) groups is 1. The number of aromatic carboxylic acids is 1. The first-order valence-electron chi connectivity index (χ1n) is 5.78. The van der Waals surface area contributed by atoms with Gasteiger partial charge in [-0.3, -0.25) is 5.43 Å². The lowest BCUT2D eigenvalue weighted by molar-refractivity contribution is 0.0697. The third-order valence-corrected chi connectivity index (χ3v) is 2.54. The van der Waals surface area contributed by atoms with Crippen LogP contribution in [-0.4, -0.2) is 27.3 Å². The molecule has 0 saturated carbocycles. The van der Waals surface area contributed by atoms with Gasteiger partial charge in [0.25, 0.3) is 0 Å². The summed E-state index contributed by atoms with van der Waals surface area (Å²) in [6.07, 6.45) is 1.36. The van der Waals surface area contributed by atoms with Crippen molar-refractivity contribution >= 4 is 35.5 Å². The summed E-state index contributed by atoms with van der Waals surface area (Å²) in [4.78, 5) is 18.3. The van der Waals surface area contributed by atoms with Crippen LogP contribution in [0.3, 0.4) is 0 Å². The number of nitrogens with two attached hydrogens (primary N) is 3. The maximum absolute atomic E-state index is 10.7. The fraction of sp³-hybridized carbons (Fsp3) is 0. The van der Waals surface area contributed by atoms with Crippen molar-refractivity contribution in [1.82, 2.24) is 9.97 Å². The van der Waals surface area contributed by atoms with Gasteiger partial charge in [0.15, 0.2) is 0 Å². The number of aromatic nitrogens is 2. The quantitative estimate of drug-likeness (QED) is 0.397. The van der Waals surface area contributed by atoms with Crippen LogP contribution < -0.4 is 22.6 Å². The fourth-order valence-electron chi connectivity index (χ4n) is 1.51. The fourth-order valence-corrected chi connectivity index (χ4v) is 1.51. The summed E-state index contributed by atoms with van der Waals surface area (Å²) in [5, 5.41) is 12.7. The molecule has 0 bridgehead atoms. The Labute approximate surface area is 119 Å². The molecule has 0 atom stereocenters. The van der Waals surface area contributed by atoms with Gasteiger partial charge in [-0.1, -0.05) is 0 Å². The molecule has 0 amide bonds. The molecule has 0 unspecified atom stereocenters. The summed E-state index contributed by atoms with van der Waals surface area (Å²) in [7, 11) is 0. The average molecular weight is 287 g/mol. The number of benzene rings is 1. The van der Waals surface area contributed by atoms with E-state index < -0.39 is 5.97 Å². The summed E-state index contributed by atoms with van der Waals surface area (Å²) >= 11 is 0. The maximum atomic E-state index is 10.7. The Morgan fingerprint density at radius 2 is 1.71 bits per heavy atom. The van der Waals surface area contributed by atoms with Gasteiger partial charge in [-0.05, 0) is 24.3 Å². The first-order valence-corrected chi connectivity index (χ1v) is 5.78. The summed E-state index contributed by atoms with van der Waals surface area (Å²) < 4.78 is 0. The molecule has 1 heterocycles. The second kappa shape index (κ2) is 5.74. The van der Waals surface area contributed by atoms with Gasteiger partial charge < -0.3 is 22.3 Å². The van der Waals surface area contributed by atoms with Gasteiger partial charge >= 0.3 is 5.97 Å². The van der Waals surface area contributed by atoms with Crippen LogP contribution in [0.5, 0.6) is 0 Å². The van der Waals surface area contributed by atoms with Crippen LogP contribution >= 0.6 is 0 Å². The predicted octanol–water partition coefficient (Wildman–Crippen LogP) is 0.367. The summed E-state index contributed by atoms with van der Waals surface area (Å²) in [5.41, 5.74) is 20.6. The van der Waals surface area contributed by atoms with Crippen LogP contribution in [0.25, 0.3) is 0 Å². The largest absolute Gasteiger partial charge is 0.478 e. The van der Waals surface area contributed by atoms with E-state index in [0.29, 0.717) is 11.3 Å². The maximum Gasteiger partial charge on any atom is 0.335 e. The van der Waals surface area contributed by atoms with Gasteiger partial charge in [0.2, 0.25) is 5.95 Å². The molecule has 9 heteroatoms. The molecule has 2 rings (SSSR count). The van der Waals surface area contributed by atoms with Crippen molar-refractivity contribution in [3.05, 3.63) is 35.4 Å². The lowest BCUT2D eigenvalue weighted by Gasteiger charge is -2.04. The lowest BCUT2D eigenvalue weighted by atomic mass is 10.2. The first-order chi connectivity index (χ1) is 9.97. The van der Waals surface area contributed by atoms with Crippen molar-refractivity contribution in [3.63, 3.8) is 0 Å². The molecule has 8 N–H and O–H groups in total. The molecule has 0 saturated heterocycles. The molecule has 0 aliphatic heterocycles. The Morgan fingerprint density at radius 1 is 1.14 bits per heavy atom. The highest BCUT2D eigenvalue weighted by Gasteiger charge is 2.06. The summed E-state index contributed by atoms with van der Waals surface area (Å²) in [6, 6.07) is 6.06. The Hall–Kier alpha value is -3.36. The number of nitrogens with zero attached hydrogens (tertiary/aromatic N) is 3. The second-order valence-electron chi connectivity index (χ2n) is 4.02. The van der Waals surface area contributed by atoms with E-state index in [1.165, 1.54) is 18.3 Å². The van der Waals surface area contributed by atoms with E-state index in [1.54, 1.807) is 12.1 Å². The van der Waals surface area contributed by atoms with Crippen LogP contribution in [0.4, 0.5) is 23.3 Å². The molecule has 0 aliphatic rings. The van der Waals surface area contributed by atoms with Crippen molar-refractivity contribution < 1.29 is 9.90 Å². The minimum atomic E-state index is -0.996. The van der Waals surface area contributed by atoms with Gasteiger partial charge in [-0.15, -0.1) is 0 Å². The smallest absolute Gasteiger partial charge is 0.335 e. The number of rotatable bonds is 4. The number of anilines is 4. The van der Waals surface area contributed by atoms with Gasteiger partial charge in [-0.25, -0.2) is 4.79 Å². The van der Waals surface area contributed by atoms with Gasteiger partial charge in [0.1, 0.15) is 11.6 Å². The Kier molecular flexibility index (Phi) is 3.84. The standard InChI is InChI=1S/C12H13N7O2/c13-9-8(10(14)18-12(15)17-9)5-16-19-7-3-1-6(2-4-7)11(20)21/h1-5,19H,(H,20,21)(H6,13,14,15,17,18). The zero-order valence-electron chi connectivity index (χ0n) is 10.8. The molecule has 108 valence electrons. The van der Waals surface area contributed by atoms with Crippen LogP contribution in [-0.2, 0) is 0 Å². The summed E-state index contributed by atoms with van der Waals surface area (Å²) in [6.45, 7) is 0. The number of hydrazone groups is 1. The first kappa shape index (κ1) is 14.1. The Morgan fingerprint density at radius 3 is 2.24 bits per heavy atom. The number of hydrogen-bond donors (Lipinski definition) is 5. The number of carboxylic acids is 1. The van der Waals surface area contributed by atoms with E-state index in [9.17, 15) is 4.79 Å². The minimum Gasteiger partial charge on any atom is -0.478 e. The van der Waals surface area contributed by atoms with E-state index in [4.69, 9.17) is 22.3 Å². The Balaban J connectivity index is 2.11. The normalized spacial score (nSPS) is 10.7. The number of carboxylic acid groups (broad SMARTS) is 1. The highest BCUT2D eigenvalue weighted by Crippen LogP contribution is 2.14. The zero-order valence-corrected chi connectivity index (χ0v) is 10.8. The van der Waals surface area contributed by atoms with Crippen molar-refractivity contribution in [2.75, 3.05) is 22.6 Å². The summed E-state index contributed by atoms with van der Waals surface area (Å²) in [5.74, 6) is -0.775. The third kappa shape index (κ3) is 3.35. The third-order valence-electron chi connectivity index (χ3n) is 2.54. The molecular weight excluding hydrogens is 274 g/mol. The SMILES string of the molecule is Nc1nc(N)c(C=NNc2ccc(C(=O)O)cc2)c(N)n1. The molecule has 9 nitrogen and oxygen atoms in total. The predicted molar refractivity (Wildman–Crippen MR) is 79.9 cm³/mol. The van der Waals surface area contributed by atoms with Crippen molar-refractivity contribution in [2.24, 2.45) is 5.10 Å². The lowest BCUT2D eigenvalue weighted by Crippen LogP contribution is -2.08. The van der Waals surface area contributed by atoms with E-state index in [-0.39, 0.29) is 23.1 Å². The molecule has 2 aromatic rings. The zero-order chi connectivity index (χ0) is 15.4. The molecular formula is C12H13N7O2. The van der Waals surface area contributed by atoms with Crippen LogP contribution in [0.15, 0.2) is 29.4 Å². The molecule has 0 fully saturated rings. The molecule has 0 aliphatic carbocycles. The van der Waals surface area contributed by atoms with Gasteiger partial charge in [0.05, 0.1) is 23.0 Å². The van der Waals surface area contributed by atoms with E-state index in [1.807, 2.05) is 0 Å². The van der Waals surface area contributed by atoms with Crippen molar-refractivity contribution in [1.29, 1.82) is 0 Å². The number of nitrogens with one attached hydrogen (secondary N) is 1. The highest BCUT2D eigenvalue weighted by atomic mass is 16.4. The van der Waals surface area contributed by atoms with Gasteiger partial charge in [-0.2, -0.15) is 15.1 Å². The second-order valence-corrected chi connectivity index (χ2v) is 4.02. The number of nitrogen functional groups attached to an aromatic ring is 3. The molecule has 0 spiro atoms. The highest BCUT2D eigenvalue weighted by molar-refractivity contribution is 5.92. The monoisotopic (exact) mass is 287 g/mol. The van der Waals surface area contributed by atoms with E-state index in [0.717, 1.165) is 0 Å². The average Bonchev–Trinajstić information content (AvgIpc) is 2.42. The van der Waals surface area contributed by atoms with E-state index in [2.05, 4.69) is 20.5 Å². The van der Waals surface area contributed by atoms with Crippen LogP contribution in [0.1, 0.15) is 15.9 Å². The molecule has 1 aromatic heterocycles. The van der Waals surface area contributed by atoms with Crippen LogP contribution in [0, 0.1) is 0 Å². The molecule has 21 heavy (non-hydrogen) atoms. The molecule has 1 aromatic carbocycles. The topological polar surface area (TPSA) is 166 Å². The van der Waals surface area contributed by atoms with Crippen molar-refractivity contribution in [3.8, 4) is 0 Å². The number of hydrogen-bond acceptors (Lipinski definition) is 8. The van der Waals surface area contributed by atoms with Crippen molar-refractivity contribution in [2.45, 2.75) is 0 Å². The van der Waals surface area contributed by atoms with Gasteiger partial charge in [0, 0.05) is 0 Å². The minimum absolute atomic E-state index is 0.0145.